The molecule has 0 radical (unpaired) electrons. The number of hydrogen-bond donors (Lipinski definition) is 1. The number of carbonyl (C=O) groups is 2. The van der Waals surface area contributed by atoms with Crippen LogP contribution in [0.4, 0.5) is 0 Å². The van der Waals surface area contributed by atoms with Crippen molar-refractivity contribution in [2.45, 2.75) is 45.5 Å². The van der Waals surface area contributed by atoms with Crippen molar-refractivity contribution in [3.8, 4) is 0 Å². The van der Waals surface area contributed by atoms with Crippen molar-refractivity contribution in [3.63, 3.8) is 0 Å². The minimum atomic E-state index is -0.843. The highest BCUT2D eigenvalue weighted by Crippen LogP contribution is 2.20. The van der Waals surface area contributed by atoms with Gasteiger partial charge in [-0.15, -0.1) is 11.8 Å². The lowest BCUT2D eigenvalue weighted by atomic mass is 10.1. The fourth-order valence-corrected chi connectivity index (χ4v) is 1.78. The lowest BCUT2D eigenvalue weighted by molar-refractivity contribution is -0.151. The Hall–Kier alpha value is -0.710. The zero-order chi connectivity index (χ0) is 12.9. The summed E-state index contributed by atoms with van der Waals surface area (Å²) in [5.74, 6) is -1.42. The number of esters is 1. The lowest BCUT2D eigenvalue weighted by Gasteiger charge is -2.20. The molecule has 4 nitrogen and oxygen atoms in total. The van der Waals surface area contributed by atoms with Crippen LogP contribution in [-0.2, 0) is 14.3 Å². The first kappa shape index (κ1) is 15.3. The van der Waals surface area contributed by atoms with Crippen molar-refractivity contribution >= 4 is 23.7 Å². The second-order valence-corrected chi connectivity index (χ2v) is 6.10. The van der Waals surface area contributed by atoms with Crippen LogP contribution in [0.1, 0.15) is 34.6 Å². The van der Waals surface area contributed by atoms with Crippen LogP contribution in [0.25, 0.3) is 0 Å². The molecule has 0 bridgehead atoms. The molecule has 16 heavy (non-hydrogen) atoms. The Morgan fingerprint density at radius 1 is 1.31 bits per heavy atom. The topological polar surface area (TPSA) is 63.6 Å². The Kier molecular flexibility index (Phi) is 5.86. The van der Waals surface area contributed by atoms with E-state index in [1.54, 1.807) is 34.6 Å². The van der Waals surface area contributed by atoms with Crippen LogP contribution in [0.15, 0.2) is 0 Å². The molecule has 0 spiro atoms. The quantitative estimate of drug-likeness (QED) is 0.755. The summed E-state index contributed by atoms with van der Waals surface area (Å²) in [7, 11) is 0. The Balaban J connectivity index is 3.97. The van der Waals surface area contributed by atoms with E-state index in [2.05, 4.69) is 0 Å². The van der Waals surface area contributed by atoms with Gasteiger partial charge < -0.3 is 9.84 Å². The molecule has 0 aromatic carbocycles. The molecule has 2 unspecified atom stereocenters. The molecule has 0 aliphatic rings. The highest BCUT2D eigenvalue weighted by molar-refractivity contribution is 8.00. The fourth-order valence-electron chi connectivity index (χ4n) is 0.916. The SMILES string of the molecule is CC(SCC(=O)OC(C)(C)C)C(C)C(=O)O. The van der Waals surface area contributed by atoms with Crippen LogP contribution in [0.5, 0.6) is 0 Å². The highest BCUT2D eigenvalue weighted by atomic mass is 32.2. The molecular weight excluding hydrogens is 228 g/mol. The summed E-state index contributed by atoms with van der Waals surface area (Å²) < 4.78 is 5.12. The summed E-state index contributed by atoms with van der Waals surface area (Å²) in [5, 5.41) is 8.67. The van der Waals surface area contributed by atoms with Gasteiger partial charge in [0.15, 0.2) is 0 Å². The third-order valence-electron chi connectivity index (χ3n) is 1.98. The van der Waals surface area contributed by atoms with Gasteiger partial charge in [0.1, 0.15) is 5.60 Å². The van der Waals surface area contributed by atoms with Gasteiger partial charge in [0.2, 0.25) is 0 Å². The number of thioether (sulfide) groups is 1. The number of carboxylic acid groups (broad SMARTS) is 1. The first-order valence-corrected chi connectivity index (χ1v) is 6.24. The molecule has 5 heteroatoms. The summed E-state index contributed by atoms with van der Waals surface area (Å²) in [6.07, 6.45) is 0. The van der Waals surface area contributed by atoms with Crippen LogP contribution >= 0.6 is 11.8 Å². The molecule has 0 aliphatic heterocycles. The number of carbonyl (C=O) groups excluding carboxylic acids is 1. The first-order chi connectivity index (χ1) is 7.13. The van der Waals surface area contributed by atoms with Crippen molar-refractivity contribution in [1.29, 1.82) is 0 Å². The van der Waals surface area contributed by atoms with Crippen molar-refractivity contribution in [1.82, 2.24) is 0 Å². The molecule has 0 aromatic rings. The van der Waals surface area contributed by atoms with Gasteiger partial charge in [-0.2, -0.15) is 0 Å². The van der Waals surface area contributed by atoms with E-state index < -0.39 is 17.5 Å². The van der Waals surface area contributed by atoms with E-state index >= 15 is 0 Å². The minimum absolute atomic E-state index is 0.106. The Labute approximate surface area is 101 Å². The number of ether oxygens (including phenoxy) is 1. The van der Waals surface area contributed by atoms with Gasteiger partial charge in [-0.05, 0) is 20.8 Å². The Bertz CT molecular complexity index is 257. The minimum Gasteiger partial charge on any atom is -0.481 e. The smallest absolute Gasteiger partial charge is 0.316 e. The molecule has 94 valence electrons. The summed E-state index contributed by atoms with van der Waals surface area (Å²) in [4.78, 5) is 22.0. The first-order valence-electron chi connectivity index (χ1n) is 5.19. The van der Waals surface area contributed by atoms with Gasteiger partial charge in [-0.1, -0.05) is 13.8 Å². The van der Waals surface area contributed by atoms with Gasteiger partial charge >= 0.3 is 11.9 Å². The van der Waals surface area contributed by atoms with E-state index in [-0.39, 0.29) is 17.0 Å². The third kappa shape index (κ3) is 6.71. The van der Waals surface area contributed by atoms with Crippen LogP contribution in [0, 0.1) is 5.92 Å². The van der Waals surface area contributed by atoms with Crippen LogP contribution in [0.3, 0.4) is 0 Å². The maximum absolute atomic E-state index is 11.4. The number of rotatable bonds is 5. The van der Waals surface area contributed by atoms with Crippen LogP contribution < -0.4 is 0 Å². The van der Waals surface area contributed by atoms with E-state index in [4.69, 9.17) is 9.84 Å². The highest BCUT2D eigenvalue weighted by Gasteiger charge is 2.22. The van der Waals surface area contributed by atoms with Gasteiger partial charge in [0.25, 0.3) is 0 Å². The number of aliphatic carboxylic acids is 1. The molecule has 0 rings (SSSR count). The van der Waals surface area contributed by atoms with E-state index in [9.17, 15) is 9.59 Å². The molecule has 0 aromatic heterocycles. The Morgan fingerprint density at radius 3 is 2.19 bits per heavy atom. The van der Waals surface area contributed by atoms with Gasteiger partial charge in [0, 0.05) is 5.25 Å². The molecule has 0 aliphatic carbocycles. The summed E-state index contributed by atoms with van der Waals surface area (Å²) in [5.41, 5.74) is -0.487. The van der Waals surface area contributed by atoms with E-state index in [1.807, 2.05) is 0 Å². The van der Waals surface area contributed by atoms with Crippen molar-refractivity contribution in [2.75, 3.05) is 5.75 Å². The predicted octanol–water partition coefficient (Wildman–Crippen LogP) is 2.17. The molecule has 0 saturated carbocycles. The largest absolute Gasteiger partial charge is 0.481 e. The fraction of sp³-hybridized carbons (Fsp3) is 0.818. The van der Waals surface area contributed by atoms with Gasteiger partial charge in [-0.3, -0.25) is 9.59 Å². The average molecular weight is 248 g/mol. The summed E-state index contributed by atoms with van der Waals surface area (Å²) >= 11 is 1.31. The Morgan fingerprint density at radius 2 is 1.81 bits per heavy atom. The van der Waals surface area contributed by atoms with E-state index in [1.165, 1.54) is 11.8 Å². The zero-order valence-corrected chi connectivity index (χ0v) is 11.3. The van der Waals surface area contributed by atoms with Crippen molar-refractivity contribution < 1.29 is 19.4 Å². The van der Waals surface area contributed by atoms with Crippen molar-refractivity contribution in [2.24, 2.45) is 5.92 Å². The molecular formula is C11H20O4S. The van der Waals surface area contributed by atoms with E-state index in [0.29, 0.717) is 0 Å². The lowest BCUT2D eigenvalue weighted by Crippen LogP contribution is -2.26. The third-order valence-corrected chi connectivity index (χ3v) is 3.31. The predicted molar refractivity (Wildman–Crippen MR) is 64.6 cm³/mol. The maximum Gasteiger partial charge on any atom is 0.316 e. The molecule has 1 N–H and O–H groups in total. The van der Waals surface area contributed by atoms with Crippen LogP contribution in [-0.4, -0.2) is 33.6 Å². The second kappa shape index (κ2) is 6.13. The number of carboxylic acids is 1. The standard InChI is InChI=1S/C11H20O4S/c1-7(10(13)14)8(2)16-6-9(12)15-11(3,4)5/h7-8H,6H2,1-5H3,(H,13,14). The summed E-state index contributed by atoms with van der Waals surface area (Å²) in [6, 6.07) is 0. The molecule has 0 amide bonds. The summed E-state index contributed by atoms with van der Waals surface area (Å²) in [6.45, 7) is 8.85. The monoisotopic (exact) mass is 248 g/mol. The molecule has 2 atom stereocenters. The van der Waals surface area contributed by atoms with Gasteiger partial charge in [-0.25, -0.2) is 0 Å². The normalized spacial score (nSPS) is 15.3. The average Bonchev–Trinajstić information content (AvgIpc) is 2.09. The number of hydrogen-bond acceptors (Lipinski definition) is 4. The van der Waals surface area contributed by atoms with Gasteiger partial charge in [0.05, 0.1) is 11.7 Å². The molecule has 0 fully saturated rings. The molecule has 0 heterocycles. The molecule has 0 saturated heterocycles. The van der Waals surface area contributed by atoms with Crippen LogP contribution in [0.2, 0.25) is 0 Å². The van der Waals surface area contributed by atoms with E-state index in [0.717, 1.165) is 0 Å². The zero-order valence-electron chi connectivity index (χ0n) is 10.4. The second-order valence-electron chi connectivity index (χ2n) is 4.73. The van der Waals surface area contributed by atoms with Crippen molar-refractivity contribution in [3.05, 3.63) is 0 Å². The maximum atomic E-state index is 11.4.